The Balaban J connectivity index is 1.75. The topological polar surface area (TPSA) is 61.4 Å². The van der Waals surface area contributed by atoms with E-state index in [9.17, 15) is 9.90 Å². The molecule has 3 N–H and O–H groups in total. The van der Waals surface area contributed by atoms with E-state index >= 15 is 0 Å². The Morgan fingerprint density at radius 2 is 1.78 bits per heavy atom. The van der Waals surface area contributed by atoms with Gasteiger partial charge in [0.05, 0.1) is 6.10 Å². The van der Waals surface area contributed by atoms with Crippen LogP contribution in [-0.2, 0) is 0 Å². The van der Waals surface area contributed by atoms with E-state index in [2.05, 4.69) is 24.5 Å². The van der Waals surface area contributed by atoms with Gasteiger partial charge in [-0.3, -0.25) is 0 Å². The van der Waals surface area contributed by atoms with Crippen molar-refractivity contribution in [2.75, 3.05) is 0 Å². The molecule has 0 radical (unpaired) electrons. The quantitative estimate of drug-likeness (QED) is 0.707. The molecule has 1 atom stereocenters. The Hall–Kier alpha value is -0.770. The van der Waals surface area contributed by atoms with E-state index in [4.69, 9.17) is 0 Å². The summed E-state index contributed by atoms with van der Waals surface area (Å²) < 4.78 is 0. The average Bonchev–Trinajstić information content (AvgIpc) is 2.62. The zero-order valence-corrected chi connectivity index (χ0v) is 11.5. The van der Waals surface area contributed by atoms with Gasteiger partial charge in [0.15, 0.2) is 0 Å². The van der Waals surface area contributed by atoms with E-state index in [1.807, 2.05) is 0 Å². The maximum Gasteiger partial charge on any atom is 0.315 e. The summed E-state index contributed by atoms with van der Waals surface area (Å²) in [5.74, 6) is 0. The molecule has 4 heteroatoms. The molecule has 2 saturated carbocycles. The van der Waals surface area contributed by atoms with Crippen molar-refractivity contribution in [1.29, 1.82) is 0 Å². The fraction of sp³-hybridized carbons (Fsp3) is 0.929. The summed E-state index contributed by atoms with van der Waals surface area (Å²) in [6, 6.07) is 0.501. The van der Waals surface area contributed by atoms with Crippen molar-refractivity contribution in [2.45, 2.75) is 77.0 Å². The molecular formula is C14H26N2O2. The van der Waals surface area contributed by atoms with Crippen LogP contribution in [0.3, 0.4) is 0 Å². The zero-order valence-electron chi connectivity index (χ0n) is 11.5. The highest BCUT2D eigenvalue weighted by atomic mass is 16.3. The second-order valence-electron chi connectivity index (χ2n) is 6.56. The highest BCUT2D eigenvalue weighted by Crippen LogP contribution is 2.37. The number of urea groups is 1. The summed E-state index contributed by atoms with van der Waals surface area (Å²) >= 11 is 0. The summed E-state index contributed by atoms with van der Waals surface area (Å²) in [4.78, 5) is 12.0. The Labute approximate surface area is 110 Å². The summed E-state index contributed by atoms with van der Waals surface area (Å²) in [6.45, 7) is 4.45. The lowest BCUT2D eigenvalue weighted by molar-refractivity contribution is 0.117. The predicted octanol–water partition coefficient (Wildman–Crippen LogP) is 2.17. The number of nitrogens with one attached hydrogen (secondary N) is 2. The van der Waals surface area contributed by atoms with Crippen LogP contribution >= 0.6 is 0 Å². The van der Waals surface area contributed by atoms with Gasteiger partial charge >= 0.3 is 6.03 Å². The molecule has 0 aromatic rings. The molecule has 0 bridgehead atoms. The fourth-order valence-corrected chi connectivity index (χ4v) is 3.20. The van der Waals surface area contributed by atoms with Crippen LogP contribution in [0.2, 0.25) is 0 Å². The number of carbonyl (C=O) groups excluding carboxylic acids is 1. The van der Waals surface area contributed by atoms with Crippen LogP contribution in [-0.4, -0.2) is 29.3 Å². The zero-order chi connectivity index (χ0) is 13.2. The number of rotatable bonds is 2. The molecule has 2 rings (SSSR count). The van der Waals surface area contributed by atoms with Gasteiger partial charge in [-0.25, -0.2) is 4.79 Å². The maximum absolute atomic E-state index is 12.0. The van der Waals surface area contributed by atoms with Crippen LogP contribution < -0.4 is 10.6 Å². The minimum atomic E-state index is -0.167. The first-order chi connectivity index (χ1) is 8.47. The normalized spacial score (nSPS) is 35.2. The van der Waals surface area contributed by atoms with Gasteiger partial charge in [0.2, 0.25) is 0 Å². The molecule has 0 aromatic carbocycles. The van der Waals surface area contributed by atoms with E-state index in [1.165, 1.54) is 12.8 Å². The van der Waals surface area contributed by atoms with Gasteiger partial charge in [-0.15, -0.1) is 0 Å². The predicted molar refractivity (Wildman–Crippen MR) is 71.4 cm³/mol. The van der Waals surface area contributed by atoms with Gasteiger partial charge in [0.1, 0.15) is 0 Å². The summed E-state index contributed by atoms with van der Waals surface area (Å²) in [5, 5.41) is 15.6. The van der Waals surface area contributed by atoms with E-state index in [1.54, 1.807) is 0 Å². The highest BCUT2D eigenvalue weighted by Gasteiger charge is 2.35. The lowest BCUT2D eigenvalue weighted by Gasteiger charge is -2.30. The van der Waals surface area contributed by atoms with Crippen LogP contribution in [0.25, 0.3) is 0 Å². The number of hydrogen-bond donors (Lipinski definition) is 3. The second-order valence-corrected chi connectivity index (χ2v) is 6.56. The van der Waals surface area contributed by atoms with Crippen molar-refractivity contribution in [3.05, 3.63) is 0 Å². The van der Waals surface area contributed by atoms with E-state index < -0.39 is 0 Å². The fourth-order valence-electron chi connectivity index (χ4n) is 3.20. The molecule has 0 aliphatic heterocycles. The third-order valence-electron chi connectivity index (χ3n) is 4.59. The summed E-state index contributed by atoms with van der Waals surface area (Å²) in [6.07, 6.45) is 6.70. The van der Waals surface area contributed by atoms with Gasteiger partial charge in [-0.2, -0.15) is 0 Å². The molecule has 0 saturated heterocycles. The molecule has 2 amide bonds. The van der Waals surface area contributed by atoms with Crippen molar-refractivity contribution < 1.29 is 9.90 Å². The first-order valence-electron chi connectivity index (χ1n) is 7.22. The number of hydrogen-bond acceptors (Lipinski definition) is 2. The SMILES string of the molecule is CC1(C)CCCC1NC(=O)NC1CCC(O)CC1. The van der Waals surface area contributed by atoms with E-state index in [-0.39, 0.29) is 23.6 Å². The Kier molecular flexibility index (Phi) is 4.15. The largest absolute Gasteiger partial charge is 0.393 e. The number of amides is 2. The number of aliphatic hydroxyl groups is 1. The van der Waals surface area contributed by atoms with Gasteiger partial charge in [0, 0.05) is 12.1 Å². The van der Waals surface area contributed by atoms with Crippen LogP contribution in [0.15, 0.2) is 0 Å². The minimum Gasteiger partial charge on any atom is -0.393 e. The van der Waals surface area contributed by atoms with Crippen molar-refractivity contribution in [3.63, 3.8) is 0 Å². The third-order valence-corrected chi connectivity index (χ3v) is 4.59. The van der Waals surface area contributed by atoms with Gasteiger partial charge < -0.3 is 15.7 Å². The van der Waals surface area contributed by atoms with Crippen LogP contribution in [0.1, 0.15) is 58.8 Å². The molecule has 2 aliphatic carbocycles. The average molecular weight is 254 g/mol. The molecule has 0 heterocycles. The molecule has 1 unspecified atom stereocenters. The molecule has 2 fully saturated rings. The first-order valence-corrected chi connectivity index (χ1v) is 7.22. The van der Waals surface area contributed by atoms with Crippen molar-refractivity contribution in [1.82, 2.24) is 10.6 Å². The van der Waals surface area contributed by atoms with Crippen molar-refractivity contribution in [2.24, 2.45) is 5.41 Å². The number of carbonyl (C=O) groups is 1. The first kappa shape index (κ1) is 13.7. The molecule has 18 heavy (non-hydrogen) atoms. The standard InChI is InChI=1S/C14H26N2O2/c1-14(2)9-3-4-12(14)16-13(18)15-10-5-7-11(17)8-6-10/h10-12,17H,3-9H2,1-2H3,(H2,15,16,18). The molecule has 0 spiro atoms. The third kappa shape index (κ3) is 3.37. The van der Waals surface area contributed by atoms with Crippen LogP contribution in [0, 0.1) is 5.41 Å². The minimum absolute atomic E-state index is 0.0311. The van der Waals surface area contributed by atoms with Crippen molar-refractivity contribution >= 4 is 6.03 Å². The molecule has 2 aliphatic rings. The Morgan fingerprint density at radius 3 is 2.33 bits per heavy atom. The lowest BCUT2D eigenvalue weighted by Crippen LogP contribution is -2.50. The molecule has 0 aromatic heterocycles. The Bertz CT molecular complexity index is 296. The monoisotopic (exact) mass is 254 g/mol. The maximum atomic E-state index is 12.0. The summed E-state index contributed by atoms with van der Waals surface area (Å²) in [5.41, 5.74) is 0.222. The molecular weight excluding hydrogens is 228 g/mol. The van der Waals surface area contributed by atoms with Gasteiger partial charge in [-0.1, -0.05) is 20.3 Å². The summed E-state index contributed by atoms with van der Waals surface area (Å²) in [7, 11) is 0. The van der Waals surface area contributed by atoms with Gasteiger partial charge in [0.25, 0.3) is 0 Å². The van der Waals surface area contributed by atoms with E-state index in [0.29, 0.717) is 6.04 Å². The number of aliphatic hydroxyl groups excluding tert-OH is 1. The second kappa shape index (κ2) is 5.47. The Morgan fingerprint density at radius 1 is 1.11 bits per heavy atom. The molecule has 104 valence electrons. The lowest BCUT2D eigenvalue weighted by atomic mass is 9.87. The smallest absolute Gasteiger partial charge is 0.315 e. The van der Waals surface area contributed by atoms with E-state index in [0.717, 1.165) is 32.1 Å². The van der Waals surface area contributed by atoms with Crippen LogP contribution in [0.5, 0.6) is 0 Å². The molecule has 4 nitrogen and oxygen atoms in total. The van der Waals surface area contributed by atoms with Crippen LogP contribution in [0.4, 0.5) is 4.79 Å². The highest BCUT2D eigenvalue weighted by molar-refractivity contribution is 5.74. The van der Waals surface area contributed by atoms with Crippen molar-refractivity contribution in [3.8, 4) is 0 Å². The van der Waals surface area contributed by atoms with Gasteiger partial charge in [-0.05, 0) is 43.9 Å².